The van der Waals surface area contributed by atoms with E-state index in [2.05, 4.69) is 10.2 Å². The number of rotatable bonds is 5. The van der Waals surface area contributed by atoms with E-state index in [0.717, 1.165) is 0 Å². The van der Waals surface area contributed by atoms with Crippen molar-refractivity contribution in [1.29, 1.82) is 0 Å². The lowest BCUT2D eigenvalue weighted by atomic mass is 10.4. The fourth-order valence-corrected chi connectivity index (χ4v) is 3.45. The molecule has 0 spiro atoms. The van der Waals surface area contributed by atoms with E-state index in [1.807, 2.05) is 0 Å². The molecule has 110 valence electrons. The van der Waals surface area contributed by atoms with Gasteiger partial charge < -0.3 is 5.73 Å². The Hall–Kier alpha value is -1.13. The molecule has 0 saturated heterocycles. The summed E-state index contributed by atoms with van der Waals surface area (Å²) in [4.78, 5) is -0.231. The molecule has 0 aliphatic heterocycles. The largest absolute Gasteiger partial charge is 0.402 e. The van der Waals surface area contributed by atoms with Crippen molar-refractivity contribution in [3.63, 3.8) is 0 Å². The molecule has 0 atom stereocenters. The van der Waals surface area contributed by atoms with Gasteiger partial charge in [0.2, 0.25) is 10.0 Å². The van der Waals surface area contributed by atoms with E-state index in [4.69, 9.17) is 5.73 Å². The van der Waals surface area contributed by atoms with Crippen LogP contribution in [0.2, 0.25) is 0 Å². The molecule has 0 aliphatic carbocycles. The number of halogens is 3. The van der Waals surface area contributed by atoms with Crippen LogP contribution in [0.15, 0.2) is 4.90 Å². The van der Waals surface area contributed by atoms with Crippen LogP contribution in [0.4, 0.5) is 13.2 Å². The van der Waals surface area contributed by atoms with Crippen molar-refractivity contribution in [2.24, 2.45) is 5.73 Å². The molecule has 19 heavy (non-hydrogen) atoms. The molecule has 1 rings (SSSR count). The Labute approximate surface area is 108 Å². The highest BCUT2D eigenvalue weighted by Crippen LogP contribution is 2.25. The van der Waals surface area contributed by atoms with Crippen LogP contribution < -0.4 is 5.73 Å². The smallest absolute Gasteiger partial charge is 0.329 e. The molecule has 0 bridgehead atoms. The summed E-state index contributed by atoms with van der Waals surface area (Å²) in [6.45, 7) is 0.652. The maximum atomic E-state index is 12.4. The topological polar surface area (TPSA) is 92.1 Å². The minimum Gasteiger partial charge on any atom is -0.329 e. The second-order valence-electron chi connectivity index (χ2n) is 4.01. The van der Waals surface area contributed by atoms with Gasteiger partial charge in [0.25, 0.3) is 0 Å². The second-order valence-corrected chi connectivity index (χ2v) is 5.88. The highest BCUT2D eigenvalue weighted by molar-refractivity contribution is 7.89. The molecule has 3 N–H and O–H groups in total. The summed E-state index contributed by atoms with van der Waals surface area (Å²) in [5.41, 5.74) is 5.50. The lowest BCUT2D eigenvalue weighted by Gasteiger charge is -2.22. The standard InChI is InChI=1S/C9H15F3N4O2S/c1-6-8(7(2)15-14-6)19(17,18)16(4-3-13)5-9(10,11)12/h3-5,13H2,1-2H3,(H,14,15). The third-order valence-corrected chi connectivity index (χ3v) is 4.50. The first kappa shape index (κ1) is 15.9. The Morgan fingerprint density at radius 3 is 2.32 bits per heavy atom. The number of aryl methyl sites for hydroxylation is 2. The Bertz CT molecular complexity index is 519. The third kappa shape index (κ3) is 3.67. The fourth-order valence-electron chi connectivity index (χ4n) is 1.68. The minimum atomic E-state index is -4.63. The molecule has 1 heterocycles. The number of H-pyrrole nitrogens is 1. The van der Waals surface area contributed by atoms with Crippen LogP contribution in [0, 0.1) is 13.8 Å². The average molecular weight is 300 g/mol. The first-order valence-corrected chi connectivity index (χ1v) is 6.82. The number of aromatic amines is 1. The van der Waals surface area contributed by atoms with Crippen LogP contribution in [-0.4, -0.2) is 48.7 Å². The average Bonchev–Trinajstić information content (AvgIpc) is 2.56. The number of alkyl halides is 3. The lowest BCUT2D eigenvalue weighted by Crippen LogP contribution is -2.42. The number of nitrogens with zero attached hydrogens (tertiary/aromatic N) is 2. The lowest BCUT2D eigenvalue weighted by molar-refractivity contribution is -0.136. The van der Waals surface area contributed by atoms with Gasteiger partial charge in [0.05, 0.1) is 11.4 Å². The summed E-state index contributed by atoms with van der Waals surface area (Å²) < 4.78 is 62.0. The van der Waals surface area contributed by atoms with Crippen LogP contribution in [0.25, 0.3) is 0 Å². The number of hydrogen-bond acceptors (Lipinski definition) is 4. The SMILES string of the molecule is Cc1n[nH]c(C)c1S(=O)(=O)N(CCN)CC(F)(F)F. The summed E-state index contributed by atoms with van der Waals surface area (Å²) >= 11 is 0. The van der Waals surface area contributed by atoms with Crippen molar-refractivity contribution in [3.8, 4) is 0 Å². The van der Waals surface area contributed by atoms with Gasteiger partial charge in [-0.2, -0.15) is 22.6 Å². The van der Waals surface area contributed by atoms with Gasteiger partial charge in [-0.05, 0) is 13.8 Å². The fraction of sp³-hybridized carbons (Fsp3) is 0.667. The predicted molar refractivity (Wildman–Crippen MR) is 61.9 cm³/mol. The highest BCUT2D eigenvalue weighted by atomic mass is 32.2. The number of nitrogens with two attached hydrogens (primary N) is 1. The maximum absolute atomic E-state index is 12.4. The molecular formula is C9H15F3N4O2S. The van der Waals surface area contributed by atoms with E-state index in [0.29, 0.717) is 4.31 Å². The van der Waals surface area contributed by atoms with E-state index in [1.54, 1.807) is 0 Å². The highest BCUT2D eigenvalue weighted by Gasteiger charge is 2.38. The molecule has 0 saturated carbocycles. The normalized spacial score (nSPS) is 13.2. The molecule has 0 unspecified atom stereocenters. The van der Waals surface area contributed by atoms with Crippen molar-refractivity contribution in [2.45, 2.75) is 24.9 Å². The summed E-state index contributed by atoms with van der Waals surface area (Å²) in [7, 11) is -4.27. The monoisotopic (exact) mass is 300 g/mol. The van der Waals surface area contributed by atoms with Gasteiger partial charge in [0, 0.05) is 13.1 Å². The number of sulfonamides is 1. The number of aromatic nitrogens is 2. The van der Waals surface area contributed by atoms with Crippen molar-refractivity contribution >= 4 is 10.0 Å². The molecule has 1 aromatic heterocycles. The second kappa shape index (κ2) is 5.47. The molecule has 0 aromatic carbocycles. The molecule has 1 aromatic rings. The van der Waals surface area contributed by atoms with E-state index < -0.39 is 29.3 Å². The van der Waals surface area contributed by atoms with E-state index in [-0.39, 0.29) is 22.8 Å². The van der Waals surface area contributed by atoms with Crippen molar-refractivity contribution in [3.05, 3.63) is 11.4 Å². The molecule has 10 heteroatoms. The summed E-state index contributed by atoms with van der Waals surface area (Å²) in [6.07, 6.45) is -4.63. The van der Waals surface area contributed by atoms with Crippen LogP contribution in [-0.2, 0) is 10.0 Å². The Morgan fingerprint density at radius 1 is 1.37 bits per heavy atom. The van der Waals surface area contributed by atoms with Gasteiger partial charge >= 0.3 is 6.18 Å². The number of nitrogens with one attached hydrogen (secondary N) is 1. The van der Waals surface area contributed by atoms with Gasteiger partial charge in [0.15, 0.2) is 0 Å². The first-order chi connectivity index (χ1) is 8.59. The van der Waals surface area contributed by atoms with E-state index in [1.165, 1.54) is 13.8 Å². The zero-order valence-corrected chi connectivity index (χ0v) is 11.3. The Balaban J connectivity index is 3.21. The van der Waals surface area contributed by atoms with Gasteiger partial charge in [-0.1, -0.05) is 0 Å². The third-order valence-electron chi connectivity index (χ3n) is 2.39. The molecule has 0 fully saturated rings. The van der Waals surface area contributed by atoms with Crippen molar-refractivity contribution < 1.29 is 21.6 Å². The van der Waals surface area contributed by atoms with Gasteiger partial charge in [-0.15, -0.1) is 0 Å². The van der Waals surface area contributed by atoms with Crippen LogP contribution in [0.3, 0.4) is 0 Å². The zero-order chi connectivity index (χ0) is 14.8. The van der Waals surface area contributed by atoms with Crippen LogP contribution >= 0.6 is 0 Å². The van der Waals surface area contributed by atoms with E-state index in [9.17, 15) is 21.6 Å². The van der Waals surface area contributed by atoms with Crippen molar-refractivity contribution in [1.82, 2.24) is 14.5 Å². The van der Waals surface area contributed by atoms with Gasteiger partial charge in [-0.25, -0.2) is 8.42 Å². The van der Waals surface area contributed by atoms with E-state index >= 15 is 0 Å². The number of hydrogen-bond donors (Lipinski definition) is 2. The molecule has 0 amide bonds. The maximum Gasteiger partial charge on any atom is 0.402 e. The summed E-state index contributed by atoms with van der Waals surface area (Å²) in [5.74, 6) is 0. The van der Waals surface area contributed by atoms with Gasteiger partial charge in [0.1, 0.15) is 11.4 Å². The summed E-state index contributed by atoms with van der Waals surface area (Å²) in [6, 6.07) is 0. The molecule has 6 nitrogen and oxygen atoms in total. The Kier molecular flexibility index (Phi) is 4.59. The Morgan fingerprint density at radius 2 is 1.95 bits per heavy atom. The summed E-state index contributed by atoms with van der Waals surface area (Å²) in [5, 5.41) is 6.11. The molecule has 0 aliphatic rings. The quantitative estimate of drug-likeness (QED) is 0.830. The first-order valence-electron chi connectivity index (χ1n) is 5.38. The van der Waals surface area contributed by atoms with Crippen molar-refractivity contribution in [2.75, 3.05) is 19.6 Å². The van der Waals surface area contributed by atoms with Gasteiger partial charge in [-0.3, -0.25) is 5.10 Å². The molecular weight excluding hydrogens is 285 g/mol. The van der Waals surface area contributed by atoms with Crippen LogP contribution in [0.1, 0.15) is 11.4 Å². The predicted octanol–water partition coefficient (Wildman–Crippen LogP) is 0.538. The zero-order valence-electron chi connectivity index (χ0n) is 10.5. The molecule has 0 radical (unpaired) electrons. The van der Waals surface area contributed by atoms with Crippen LogP contribution in [0.5, 0.6) is 0 Å². The minimum absolute atomic E-state index is 0.127.